The standard InChI is InChI=1S/C32H32Cl2N4O4/c1-15-9-35-29-23(41-17(3)39)5-21-27(25(15)29)19(7-33)11-37(21)31-13-32(31,14-31)38-12-20(8-34)28-22(38)6-24(42-18(4)40)30-26(28)16(2)10-36-30/h5-6,9-10,19-20,35-36H,7-8,11-14H2,1-4H3/t19-,20-,31?,32?/m1/s1. The fourth-order valence-corrected chi connectivity index (χ4v) is 8.77. The van der Waals surface area contributed by atoms with Crippen LogP contribution in [0.3, 0.4) is 0 Å². The van der Waals surface area contributed by atoms with Gasteiger partial charge in [-0.1, -0.05) is 0 Å². The van der Waals surface area contributed by atoms with E-state index in [1.807, 2.05) is 24.5 Å². The molecule has 0 spiro atoms. The zero-order chi connectivity index (χ0) is 29.3. The highest BCUT2D eigenvalue weighted by Crippen LogP contribution is 2.80. The van der Waals surface area contributed by atoms with Gasteiger partial charge < -0.3 is 29.2 Å². The van der Waals surface area contributed by atoms with Crippen LogP contribution in [0.1, 0.15) is 60.8 Å². The Bertz CT molecular complexity index is 1720. The molecule has 2 aromatic carbocycles. The van der Waals surface area contributed by atoms with Gasteiger partial charge >= 0.3 is 11.9 Å². The predicted molar refractivity (Wildman–Crippen MR) is 165 cm³/mol. The van der Waals surface area contributed by atoms with E-state index in [0.717, 1.165) is 70.2 Å². The number of nitrogens with zero attached hydrogens (tertiary/aromatic N) is 2. The number of aromatic amines is 2. The normalized spacial score (nSPS) is 26.9. The van der Waals surface area contributed by atoms with Gasteiger partial charge in [0.15, 0.2) is 11.5 Å². The number of hydrogen-bond acceptors (Lipinski definition) is 6. The van der Waals surface area contributed by atoms with E-state index in [9.17, 15) is 9.59 Å². The first-order valence-corrected chi connectivity index (χ1v) is 15.5. The van der Waals surface area contributed by atoms with Gasteiger partial charge in [-0.3, -0.25) is 9.59 Å². The van der Waals surface area contributed by atoms with E-state index >= 15 is 0 Å². The number of ether oxygens (including phenoxy) is 2. The number of benzene rings is 2. The number of alkyl halides is 2. The van der Waals surface area contributed by atoms with Crippen molar-refractivity contribution in [2.45, 2.75) is 63.5 Å². The van der Waals surface area contributed by atoms with Gasteiger partial charge in [-0.05, 0) is 48.9 Å². The molecule has 0 bridgehead atoms. The van der Waals surface area contributed by atoms with Crippen molar-refractivity contribution in [1.29, 1.82) is 0 Å². The Hall–Kier alpha value is -3.36. The maximum absolute atomic E-state index is 12.1. The van der Waals surface area contributed by atoms with Crippen LogP contribution < -0.4 is 19.3 Å². The molecule has 2 atom stereocenters. The number of fused-ring (bicyclic) bond motifs is 7. The minimum Gasteiger partial charge on any atom is -0.424 e. The molecular formula is C32H32Cl2N4O4. The Labute approximate surface area is 253 Å². The van der Waals surface area contributed by atoms with Crippen LogP contribution in [-0.2, 0) is 9.59 Å². The number of aromatic nitrogens is 2. The average molecular weight is 608 g/mol. The lowest BCUT2D eigenvalue weighted by Gasteiger charge is -2.25. The van der Waals surface area contributed by atoms with Crippen molar-refractivity contribution < 1.29 is 19.1 Å². The maximum Gasteiger partial charge on any atom is 0.308 e. The monoisotopic (exact) mass is 606 g/mol. The highest BCUT2D eigenvalue weighted by atomic mass is 35.5. The molecule has 4 heterocycles. The molecule has 2 aromatic heterocycles. The van der Waals surface area contributed by atoms with Crippen LogP contribution in [-0.4, -0.2) is 57.8 Å². The quantitative estimate of drug-likeness (QED) is 0.150. The Morgan fingerprint density at radius 2 is 1.21 bits per heavy atom. The largest absolute Gasteiger partial charge is 0.424 e. The smallest absolute Gasteiger partial charge is 0.308 e. The summed E-state index contributed by atoms with van der Waals surface area (Å²) in [5, 5.41) is 2.20. The highest BCUT2D eigenvalue weighted by Gasteiger charge is 2.89. The second-order valence-corrected chi connectivity index (χ2v) is 13.2. The summed E-state index contributed by atoms with van der Waals surface area (Å²) in [4.78, 5) is 35.8. The summed E-state index contributed by atoms with van der Waals surface area (Å²) in [6.45, 7) is 8.67. The van der Waals surface area contributed by atoms with Crippen LogP contribution in [0.2, 0.25) is 0 Å². The molecule has 2 aliphatic heterocycles. The third-order valence-electron chi connectivity index (χ3n) is 10.2. The highest BCUT2D eigenvalue weighted by molar-refractivity contribution is 6.19. The summed E-state index contributed by atoms with van der Waals surface area (Å²) in [7, 11) is 0. The van der Waals surface area contributed by atoms with Crippen molar-refractivity contribution in [3.8, 4) is 11.5 Å². The molecular weight excluding hydrogens is 575 g/mol. The van der Waals surface area contributed by atoms with Crippen LogP contribution >= 0.6 is 23.2 Å². The van der Waals surface area contributed by atoms with Crippen LogP contribution in [0, 0.1) is 13.8 Å². The number of carbonyl (C=O) groups excluding carboxylic acids is 2. The van der Waals surface area contributed by atoms with Crippen molar-refractivity contribution in [3.05, 3.63) is 46.8 Å². The summed E-state index contributed by atoms with van der Waals surface area (Å²) in [6, 6.07) is 4.06. The number of aryl methyl sites for hydroxylation is 2. The van der Waals surface area contributed by atoms with Crippen LogP contribution in [0.4, 0.5) is 11.4 Å². The van der Waals surface area contributed by atoms with Gasteiger partial charge in [0.1, 0.15) is 0 Å². The summed E-state index contributed by atoms with van der Waals surface area (Å²) < 4.78 is 11.4. The molecule has 2 aliphatic carbocycles. The molecule has 8 nitrogen and oxygen atoms in total. The van der Waals surface area contributed by atoms with E-state index < -0.39 is 0 Å². The molecule has 2 fully saturated rings. The van der Waals surface area contributed by atoms with E-state index in [2.05, 4.69) is 33.6 Å². The topological polar surface area (TPSA) is 90.7 Å². The molecule has 10 heteroatoms. The maximum atomic E-state index is 12.1. The zero-order valence-electron chi connectivity index (χ0n) is 24.0. The fraction of sp³-hybridized carbons (Fsp3) is 0.438. The zero-order valence-corrected chi connectivity index (χ0v) is 25.5. The molecule has 0 unspecified atom stereocenters. The van der Waals surface area contributed by atoms with Gasteiger partial charge in [-0.25, -0.2) is 0 Å². The molecule has 0 saturated heterocycles. The van der Waals surface area contributed by atoms with Gasteiger partial charge in [0.05, 0.1) is 22.1 Å². The molecule has 42 heavy (non-hydrogen) atoms. The number of esters is 2. The Balaban J connectivity index is 1.24. The first-order chi connectivity index (χ1) is 20.1. The van der Waals surface area contributed by atoms with Crippen molar-refractivity contribution in [2.24, 2.45) is 0 Å². The van der Waals surface area contributed by atoms with Gasteiger partial charge in [0, 0.05) is 97.2 Å². The van der Waals surface area contributed by atoms with E-state index in [0.29, 0.717) is 23.3 Å². The number of rotatable bonds is 6. The number of H-pyrrole nitrogens is 2. The van der Waals surface area contributed by atoms with Gasteiger partial charge in [-0.2, -0.15) is 0 Å². The molecule has 0 radical (unpaired) electrons. The predicted octanol–water partition coefficient (Wildman–Crippen LogP) is 6.39. The fourth-order valence-electron chi connectivity index (χ4n) is 8.27. The molecule has 4 aliphatic rings. The molecule has 8 rings (SSSR count). The number of nitrogens with one attached hydrogen (secondary N) is 2. The van der Waals surface area contributed by atoms with Gasteiger partial charge in [-0.15, -0.1) is 23.2 Å². The van der Waals surface area contributed by atoms with Gasteiger partial charge in [0.2, 0.25) is 0 Å². The van der Waals surface area contributed by atoms with E-state index in [4.69, 9.17) is 32.7 Å². The van der Waals surface area contributed by atoms with E-state index in [1.54, 1.807) is 0 Å². The lowest BCUT2D eigenvalue weighted by molar-refractivity contribution is -0.132. The van der Waals surface area contributed by atoms with Crippen LogP contribution in [0.25, 0.3) is 21.8 Å². The third kappa shape index (κ3) is 3.25. The molecule has 4 aromatic rings. The lowest BCUT2D eigenvalue weighted by atomic mass is 9.96. The van der Waals surface area contributed by atoms with Crippen LogP contribution in [0.5, 0.6) is 11.5 Å². The van der Waals surface area contributed by atoms with E-state index in [1.165, 1.54) is 25.0 Å². The number of halogens is 2. The second kappa shape index (κ2) is 8.60. The Morgan fingerprint density at radius 3 is 1.57 bits per heavy atom. The summed E-state index contributed by atoms with van der Waals surface area (Å²) in [5.74, 6) is 1.77. The summed E-state index contributed by atoms with van der Waals surface area (Å²) in [5.41, 5.74) is 8.52. The average Bonchev–Trinajstić information content (AvgIpc) is 3.34. The SMILES string of the molecule is CC(=O)Oc1cc2c(c3c(C)c[nH]c13)[C@H](CCl)CN2C12CC1(N1C[C@@H](CCl)c3c1cc(OC(C)=O)c1[nH]cc(C)c31)C2. The van der Waals surface area contributed by atoms with E-state index in [-0.39, 0.29) is 34.9 Å². The first-order valence-electron chi connectivity index (χ1n) is 14.5. The third-order valence-corrected chi connectivity index (χ3v) is 10.9. The molecule has 2 N–H and O–H groups in total. The molecule has 0 amide bonds. The minimum absolute atomic E-state index is 0.0455. The van der Waals surface area contributed by atoms with Crippen molar-refractivity contribution in [1.82, 2.24) is 9.97 Å². The lowest BCUT2D eigenvalue weighted by Crippen LogP contribution is -2.34. The van der Waals surface area contributed by atoms with Crippen molar-refractivity contribution >= 4 is 68.3 Å². The van der Waals surface area contributed by atoms with Crippen molar-refractivity contribution in [3.63, 3.8) is 0 Å². The summed E-state index contributed by atoms with van der Waals surface area (Å²) >= 11 is 13.2. The molecule has 218 valence electrons. The second-order valence-electron chi connectivity index (χ2n) is 12.6. The number of carbonyl (C=O) groups is 2. The summed E-state index contributed by atoms with van der Waals surface area (Å²) in [6.07, 6.45) is 5.98. The minimum atomic E-state index is -0.344. The molecule has 2 saturated carbocycles. The van der Waals surface area contributed by atoms with Crippen molar-refractivity contribution in [2.75, 3.05) is 34.6 Å². The number of hydrogen-bond donors (Lipinski definition) is 2. The van der Waals surface area contributed by atoms with Crippen LogP contribution in [0.15, 0.2) is 24.5 Å². The van der Waals surface area contributed by atoms with Gasteiger partial charge in [0.25, 0.3) is 0 Å². The Kier molecular flexibility index (Phi) is 5.38. The first kappa shape index (κ1) is 26.3. The Morgan fingerprint density at radius 1 is 0.810 bits per heavy atom. The number of anilines is 2.